The van der Waals surface area contributed by atoms with Gasteiger partial charge in [-0.2, -0.15) is 4.80 Å². The molecule has 0 aliphatic rings. The minimum absolute atomic E-state index is 0.100. The maximum absolute atomic E-state index is 11.3. The maximum atomic E-state index is 11.3. The highest BCUT2D eigenvalue weighted by molar-refractivity contribution is 5.89. The van der Waals surface area contributed by atoms with Crippen molar-refractivity contribution in [3.05, 3.63) is 79.0 Å². The second-order valence-corrected chi connectivity index (χ2v) is 6.74. The van der Waals surface area contributed by atoms with Crippen molar-refractivity contribution < 1.29 is 9.53 Å². The zero-order chi connectivity index (χ0) is 21.5. The average molecular weight is 403 g/mol. The number of pyridine rings is 1. The molecule has 7 nitrogen and oxygen atoms in total. The number of amides is 1. The predicted octanol–water partition coefficient (Wildman–Crippen LogP) is 4.38. The van der Waals surface area contributed by atoms with E-state index in [0.29, 0.717) is 5.82 Å². The summed E-state index contributed by atoms with van der Waals surface area (Å²) in [7, 11) is 1.65. The third kappa shape index (κ3) is 5.42. The Balaban J connectivity index is 1.80. The van der Waals surface area contributed by atoms with E-state index in [9.17, 15) is 4.79 Å². The van der Waals surface area contributed by atoms with E-state index in [4.69, 9.17) is 4.74 Å². The van der Waals surface area contributed by atoms with Crippen molar-refractivity contribution in [1.82, 2.24) is 20.0 Å². The van der Waals surface area contributed by atoms with Gasteiger partial charge in [0, 0.05) is 25.9 Å². The average Bonchev–Trinajstić information content (AvgIpc) is 2.71. The van der Waals surface area contributed by atoms with E-state index < -0.39 is 0 Å². The Kier molecular flexibility index (Phi) is 6.77. The van der Waals surface area contributed by atoms with Crippen LogP contribution in [-0.4, -0.2) is 39.1 Å². The van der Waals surface area contributed by atoms with E-state index in [1.807, 2.05) is 67.6 Å². The van der Waals surface area contributed by atoms with Crippen LogP contribution in [0.3, 0.4) is 0 Å². The van der Waals surface area contributed by atoms with Gasteiger partial charge in [0.25, 0.3) is 0 Å². The number of hydrogen-bond acceptors (Lipinski definition) is 4. The zero-order valence-corrected chi connectivity index (χ0v) is 17.3. The molecular formula is C23H25N5O2. The molecular weight excluding hydrogens is 378 g/mol. The molecule has 0 spiro atoms. The largest absolute Gasteiger partial charge is 0.378 e. The summed E-state index contributed by atoms with van der Waals surface area (Å²) in [6.45, 7) is 7.57. The van der Waals surface area contributed by atoms with E-state index in [1.165, 1.54) is 6.92 Å². The lowest BCUT2D eigenvalue weighted by molar-refractivity contribution is -0.114. The fraction of sp³-hybridized carbons (Fsp3) is 0.174. The molecule has 1 amide bonds. The summed E-state index contributed by atoms with van der Waals surface area (Å²) < 4.78 is 5.37. The van der Waals surface area contributed by atoms with E-state index >= 15 is 0 Å². The van der Waals surface area contributed by atoms with Gasteiger partial charge in [-0.15, -0.1) is 5.10 Å². The van der Waals surface area contributed by atoms with Crippen LogP contribution in [0.4, 0.5) is 5.69 Å². The Bertz CT molecular complexity index is 1060. The van der Waals surface area contributed by atoms with E-state index in [2.05, 4.69) is 27.1 Å². The lowest BCUT2D eigenvalue weighted by atomic mass is 10.1. The smallest absolute Gasteiger partial charge is 0.221 e. The van der Waals surface area contributed by atoms with Gasteiger partial charge in [0.05, 0.1) is 11.8 Å². The number of hydrogen-bond donors (Lipinski definition) is 2. The van der Waals surface area contributed by atoms with Gasteiger partial charge in [0.15, 0.2) is 5.82 Å². The molecule has 2 N–H and O–H groups in total. The Morgan fingerprint density at radius 3 is 2.73 bits per heavy atom. The first-order valence-electron chi connectivity index (χ1n) is 9.52. The van der Waals surface area contributed by atoms with Gasteiger partial charge < -0.3 is 10.1 Å². The number of anilines is 1. The lowest BCUT2D eigenvalue weighted by Crippen LogP contribution is -2.17. The molecule has 2 heterocycles. The van der Waals surface area contributed by atoms with Crippen molar-refractivity contribution in [3.8, 4) is 11.5 Å². The molecule has 0 aliphatic carbocycles. The fourth-order valence-corrected chi connectivity index (χ4v) is 2.72. The Morgan fingerprint density at radius 2 is 2.07 bits per heavy atom. The molecule has 0 saturated carbocycles. The van der Waals surface area contributed by atoms with Crippen molar-refractivity contribution in [2.24, 2.45) is 0 Å². The molecule has 0 radical (unpaired) electrons. The highest BCUT2D eigenvalue weighted by Crippen LogP contribution is 2.21. The van der Waals surface area contributed by atoms with Gasteiger partial charge in [-0.1, -0.05) is 30.9 Å². The van der Waals surface area contributed by atoms with Crippen LogP contribution in [0.25, 0.3) is 22.8 Å². The van der Waals surface area contributed by atoms with Crippen LogP contribution in [-0.2, 0) is 9.53 Å². The monoisotopic (exact) mass is 403 g/mol. The number of rotatable bonds is 8. The van der Waals surface area contributed by atoms with Crippen LogP contribution in [0.15, 0.2) is 73.5 Å². The molecule has 1 unspecified atom stereocenters. The van der Waals surface area contributed by atoms with Crippen molar-refractivity contribution in [2.45, 2.75) is 20.0 Å². The molecule has 30 heavy (non-hydrogen) atoms. The summed E-state index contributed by atoms with van der Waals surface area (Å²) in [5.74, 6) is 0.583. The first-order valence-corrected chi connectivity index (χ1v) is 9.52. The normalized spacial score (nSPS) is 12.8. The van der Waals surface area contributed by atoms with Crippen molar-refractivity contribution >= 4 is 22.9 Å². The number of nitrogens with zero attached hydrogens (tertiary/aromatic N) is 3. The molecule has 3 aromatic rings. The standard InChI is InChI=1S/C23H25N5O2/c1-16(19-8-7-9-20(15-19)25-18(3)29)11-12-21(14-17(2)30-4)28-26-23(27-28)22-10-5-6-13-24-22/h5-15,17H,1H2,2-4H3,(H,25,29)(H,26,27)/b12-11-,21-14+. The van der Waals surface area contributed by atoms with Gasteiger partial charge in [0.2, 0.25) is 5.91 Å². The molecule has 2 aromatic heterocycles. The first-order chi connectivity index (χ1) is 14.5. The number of benzene rings is 1. The van der Waals surface area contributed by atoms with Crippen LogP contribution in [0.5, 0.6) is 0 Å². The van der Waals surface area contributed by atoms with Gasteiger partial charge in [-0.3, -0.25) is 14.9 Å². The second-order valence-electron chi connectivity index (χ2n) is 6.74. The number of aromatic amines is 1. The Hall–Kier alpha value is -3.71. The van der Waals surface area contributed by atoms with Gasteiger partial charge >= 0.3 is 0 Å². The number of H-pyrrole nitrogens is 1. The number of aromatic nitrogens is 4. The topological polar surface area (TPSA) is 84.8 Å². The molecule has 7 heteroatoms. The van der Waals surface area contributed by atoms with Crippen molar-refractivity contribution in [3.63, 3.8) is 0 Å². The quantitative estimate of drug-likeness (QED) is 0.547. The van der Waals surface area contributed by atoms with Crippen molar-refractivity contribution in [1.29, 1.82) is 0 Å². The van der Waals surface area contributed by atoms with Gasteiger partial charge in [-0.25, -0.2) is 0 Å². The number of allylic oxidation sites excluding steroid dienone is 4. The fourth-order valence-electron chi connectivity index (χ4n) is 2.72. The third-order valence-electron chi connectivity index (χ3n) is 4.35. The van der Waals surface area contributed by atoms with Crippen LogP contribution in [0, 0.1) is 0 Å². The number of carbonyl (C=O) groups is 1. The maximum Gasteiger partial charge on any atom is 0.221 e. The number of nitrogens with one attached hydrogen (secondary N) is 2. The Labute approximate surface area is 175 Å². The van der Waals surface area contributed by atoms with Crippen LogP contribution in [0.1, 0.15) is 19.4 Å². The summed E-state index contributed by atoms with van der Waals surface area (Å²) in [4.78, 5) is 17.2. The van der Waals surface area contributed by atoms with Crippen LogP contribution in [0.2, 0.25) is 0 Å². The summed E-state index contributed by atoms with van der Waals surface area (Å²) in [6, 6.07) is 13.2. The summed E-state index contributed by atoms with van der Waals surface area (Å²) >= 11 is 0. The minimum Gasteiger partial charge on any atom is -0.378 e. The molecule has 0 fully saturated rings. The number of methoxy groups -OCH3 is 1. The molecule has 0 aliphatic heterocycles. The summed E-state index contributed by atoms with van der Waals surface area (Å²) in [5.41, 5.74) is 4.02. The van der Waals surface area contributed by atoms with E-state index in [0.717, 1.165) is 28.2 Å². The van der Waals surface area contributed by atoms with Crippen LogP contribution >= 0.6 is 0 Å². The summed E-state index contributed by atoms with van der Waals surface area (Å²) in [6.07, 6.45) is 7.39. The molecule has 1 aromatic carbocycles. The van der Waals surface area contributed by atoms with Gasteiger partial charge in [-0.05, 0) is 54.5 Å². The van der Waals surface area contributed by atoms with E-state index in [-0.39, 0.29) is 12.0 Å². The highest BCUT2D eigenvalue weighted by Gasteiger charge is 2.11. The zero-order valence-electron chi connectivity index (χ0n) is 17.3. The lowest BCUT2D eigenvalue weighted by Gasteiger charge is -2.16. The van der Waals surface area contributed by atoms with E-state index in [1.54, 1.807) is 18.1 Å². The predicted molar refractivity (Wildman–Crippen MR) is 119 cm³/mol. The number of ether oxygens (including phenoxy) is 1. The van der Waals surface area contributed by atoms with Crippen LogP contribution < -0.4 is 5.32 Å². The molecule has 0 saturated heterocycles. The Morgan fingerprint density at radius 1 is 1.27 bits per heavy atom. The highest BCUT2D eigenvalue weighted by atomic mass is 16.5. The molecule has 3 rings (SSSR count). The van der Waals surface area contributed by atoms with Gasteiger partial charge in [0.1, 0.15) is 5.69 Å². The SMILES string of the molecule is C=C(/C=C\C(=C/C(C)OC)n1nc(-c2ccccn2)[nH]1)c1cccc(NC(C)=O)c1. The summed E-state index contributed by atoms with van der Waals surface area (Å²) in [5, 5.41) is 10.5. The minimum atomic E-state index is -0.113. The molecule has 154 valence electrons. The molecule has 1 atom stereocenters. The van der Waals surface area contributed by atoms with Crippen molar-refractivity contribution in [2.75, 3.05) is 12.4 Å². The number of carbonyl (C=O) groups excluding carboxylic acids is 1. The molecule has 0 bridgehead atoms. The first kappa shape index (κ1) is 21.0. The second kappa shape index (κ2) is 9.67. The third-order valence-corrected chi connectivity index (χ3v) is 4.35.